The van der Waals surface area contributed by atoms with E-state index in [4.69, 9.17) is 0 Å². The van der Waals surface area contributed by atoms with Crippen molar-refractivity contribution in [3.8, 4) is 0 Å². The van der Waals surface area contributed by atoms with Crippen molar-refractivity contribution >= 4 is 10.0 Å². The van der Waals surface area contributed by atoms with Gasteiger partial charge in [-0.25, -0.2) is 8.42 Å². The van der Waals surface area contributed by atoms with Gasteiger partial charge in [-0.15, -0.1) is 0 Å². The van der Waals surface area contributed by atoms with Crippen molar-refractivity contribution in [3.05, 3.63) is 28.8 Å². The molecule has 0 bridgehead atoms. The number of rotatable bonds is 6. The van der Waals surface area contributed by atoms with E-state index in [1.54, 1.807) is 9.21 Å². The number of hydrogen-bond acceptors (Lipinski definition) is 2. The molecule has 1 aliphatic rings. The standard InChI is InChI=1S/C20H34N2O2S/c1-15(2)7-10-21(6)19-8-11-22(12-9-19)25(23,24)20-17(4)13-16(3)14-18(20)5/h13-15,19H,7-12H2,1-6H3/p+1. The lowest BCUT2D eigenvalue weighted by molar-refractivity contribution is -0.907. The van der Waals surface area contributed by atoms with Crippen LogP contribution in [0.4, 0.5) is 0 Å². The van der Waals surface area contributed by atoms with E-state index in [0.29, 0.717) is 24.0 Å². The van der Waals surface area contributed by atoms with Crippen LogP contribution in [0.15, 0.2) is 17.0 Å². The van der Waals surface area contributed by atoms with E-state index >= 15 is 0 Å². The third kappa shape index (κ3) is 4.83. The number of quaternary nitrogens is 1. The Balaban J connectivity index is 2.07. The van der Waals surface area contributed by atoms with Crippen molar-refractivity contribution in [2.45, 2.75) is 64.8 Å². The van der Waals surface area contributed by atoms with Gasteiger partial charge < -0.3 is 4.90 Å². The zero-order valence-corrected chi connectivity index (χ0v) is 17.5. The van der Waals surface area contributed by atoms with E-state index in [2.05, 4.69) is 20.9 Å². The fourth-order valence-electron chi connectivity index (χ4n) is 4.01. The predicted octanol–water partition coefficient (Wildman–Crippen LogP) is 2.33. The summed E-state index contributed by atoms with van der Waals surface area (Å²) in [4.78, 5) is 2.06. The number of benzene rings is 1. The molecule has 1 heterocycles. The molecule has 0 radical (unpaired) electrons. The molecule has 5 heteroatoms. The summed E-state index contributed by atoms with van der Waals surface area (Å²) in [7, 11) is -1.14. The number of hydrogen-bond donors (Lipinski definition) is 1. The Morgan fingerprint density at radius 1 is 1.12 bits per heavy atom. The van der Waals surface area contributed by atoms with Gasteiger partial charge in [0.25, 0.3) is 0 Å². The Morgan fingerprint density at radius 2 is 1.64 bits per heavy atom. The van der Waals surface area contributed by atoms with Crippen LogP contribution in [0.3, 0.4) is 0 Å². The zero-order chi connectivity index (χ0) is 18.8. The molecule has 1 unspecified atom stereocenters. The van der Waals surface area contributed by atoms with Gasteiger partial charge in [-0.3, -0.25) is 0 Å². The Labute approximate surface area is 154 Å². The number of piperidine rings is 1. The van der Waals surface area contributed by atoms with Crippen LogP contribution in [0.2, 0.25) is 0 Å². The number of nitrogens with one attached hydrogen (secondary N) is 1. The van der Waals surface area contributed by atoms with E-state index in [0.717, 1.165) is 35.4 Å². The van der Waals surface area contributed by atoms with Gasteiger partial charge in [0.2, 0.25) is 10.0 Å². The second-order valence-corrected chi connectivity index (χ2v) is 10.1. The molecule has 142 valence electrons. The first-order chi connectivity index (χ1) is 11.6. The Hall–Kier alpha value is -0.910. The van der Waals surface area contributed by atoms with Crippen LogP contribution in [0.5, 0.6) is 0 Å². The summed E-state index contributed by atoms with van der Waals surface area (Å²) in [6, 6.07) is 4.51. The largest absolute Gasteiger partial charge is 0.335 e. The molecule has 2 rings (SSSR count). The van der Waals surface area contributed by atoms with Gasteiger partial charge in [-0.1, -0.05) is 31.5 Å². The maximum atomic E-state index is 13.2. The normalized spacial score (nSPS) is 18.7. The molecule has 1 aliphatic heterocycles. The van der Waals surface area contributed by atoms with Crippen molar-refractivity contribution < 1.29 is 13.3 Å². The molecule has 0 spiro atoms. The van der Waals surface area contributed by atoms with E-state index in [1.807, 2.05) is 32.9 Å². The minimum atomic E-state index is -3.39. The maximum absolute atomic E-state index is 13.2. The maximum Gasteiger partial charge on any atom is 0.243 e. The topological polar surface area (TPSA) is 41.8 Å². The molecule has 1 saturated heterocycles. The van der Waals surface area contributed by atoms with E-state index in [-0.39, 0.29) is 0 Å². The molecule has 1 aromatic carbocycles. The highest BCUT2D eigenvalue weighted by Gasteiger charge is 2.33. The molecule has 1 atom stereocenters. The molecule has 25 heavy (non-hydrogen) atoms. The van der Waals surface area contributed by atoms with E-state index < -0.39 is 10.0 Å². The van der Waals surface area contributed by atoms with Crippen LogP contribution in [-0.2, 0) is 10.0 Å². The summed E-state index contributed by atoms with van der Waals surface area (Å²) in [6.45, 7) is 12.8. The average Bonchev–Trinajstić information content (AvgIpc) is 2.51. The second-order valence-electron chi connectivity index (χ2n) is 8.19. The summed E-state index contributed by atoms with van der Waals surface area (Å²) in [5.74, 6) is 0.725. The Kier molecular flexibility index (Phi) is 6.68. The fourth-order valence-corrected chi connectivity index (χ4v) is 5.89. The van der Waals surface area contributed by atoms with Crippen molar-refractivity contribution in [1.29, 1.82) is 0 Å². The third-order valence-electron chi connectivity index (χ3n) is 5.47. The molecule has 1 fully saturated rings. The first-order valence-corrected chi connectivity index (χ1v) is 11.0. The monoisotopic (exact) mass is 367 g/mol. The van der Waals surface area contributed by atoms with Crippen LogP contribution in [0.25, 0.3) is 0 Å². The summed E-state index contributed by atoms with van der Waals surface area (Å²) in [6.07, 6.45) is 3.13. The number of sulfonamides is 1. The second kappa shape index (κ2) is 8.19. The van der Waals surface area contributed by atoms with Gasteiger partial charge in [-0.2, -0.15) is 4.31 Å². The van der Waals surface area contributed by atoms with Crippen LogP contribution in [-0.4, -0.2) is 45.4 Å². The van der Waals surface area contributed by atoms with Gasteiger partial charge in [0.05, 0.1) is 24.5 Å². The zero-order valence-electron chi connectivity index (χ0n) is 16.7. The first-order valence-electron chi connectivity index (χ1n) is 9.53. The minimum absolute atomic E-state index is 0.511. The van der Waals surface area contributed by atoms with Crippen molar-refractivity contribution in [2.24, 2.45) is 5.92 Å². The van der Waals surface area contributed by atoms with Crippen LogP contribution < -0.4 is 4.90 Å². The molecule has 0 amide bonds. The summed E-state index contributed by atoms with van der Waals surface area (Å²) in [5, 5.41) is 0. The molecule has 1 N–H and O–H groups in total. The molecule has 4 nitrogen and oxygen atoms in total. The number of nitrogens with zero attached hydrogens (tertiary/aromatic N) is 1. The minimum Gasteiger partial charge on any atom is -0.335 e. The smallest absolute Gasteiger partial charge is 0.243 e. The molecular weight excluding hydrogens is 332 g/mol. The van der Waals surface area contributed by atoms with Gasteiger partial charge in [-0.05, 0) is 44.2 Å². The average molecular weight is 368 g/mol. The predicted molar refractivity (Wildman–Crippen MR) is 104 cm³/mol. The highest BCUT2D eigenvalue weighted by atomic mass is 32.2. The van der Waals surface area contributed by atoms with Crippen LogP contribution in [0.1, 0.15) is 49.8 Å². The third-order valence-corrected chi connectivity index (χ3v) is 7.67. The molecule has 0 saturated carbocycles. The van der Waals surface area contributed by atoms with Crippen LogP contribution in [0, 0.1) is 26.7 Å². The lowest BCUT2D eigenvalue weighted by Crippen LogP contribution is -3.13. The van der Waals surface area contributed by atoms with Gasteiger partial charge in [0, 0.05) is 25.9 Å². The summed E-state index contributed by atoms with van der Waals surface area (Å²) in [5.41, 5.74) is 2.83. The quantitative estimate of drug-likeness (QED) is 0.838. The van der Waals surface area contributed by atoms with Gasteiger partial charge >= 0.3 is 0 Å². The van der Waals surface area contributed by atoms with Crippen molar-refractivity contribution in [3.63, 3.8) is 0 Å². The number of aryl methyl sites for hydroxylation is 3. The molecule has 1 aromatic rings. The summed E-state index contributed by atoms with van der Waals surface area (Å²) < 4.78 is 28.0. The lowest BCUT2D eigenvalue weighted by atomic mass is 10.0. The Bertz CT molecular complexity index is 667. The van der Waals surface area contributed by atoms with Crippen molar-refractivity contribution in [2.75, 3.05) is 26.7 Å². The van der Waals surface area contributed by atoms with Gasteiger partial charge in [0.15, 0.2) is 0 Å². The Morgan fingerprint density at radius 3 is 2.12 bits per heavy atom. The van der Waals surface area contributed by atoms with E-state index in [9.17, 15) is 8.42 Å². The molecular formula is C20H35N2O2S+. The van der Waals surface area contributed by atoms with E-state index in [1.165, 1.54) is 13.0 Å². The molecule has 0 aliphatic carbocycles. The van der Waals surface area contributed by atoms with Crippen molar-refractivity contribution in [1.82, 2.24) is 4.31 Å². The van der Waals surface area contributed by atoms with Crippen LogP contribution >= 0.6 is 0 Å². The first kappa shape index (κ1) is 20.4. The molecule has 0 aromatic heterocycles. The highest BCUT2D eigenvalue weighted by molar-refractivity contribution is 7.89. The van der Waals surface area contributed by atoms with Gasteiger partial charge in [0.1, 0.15) is 0 Å². The summed E-state index contributed by atoms with van der Waals surface area (Å²) >= 11 is 0. The SMILES string of the molecule is Cc1cc(C)c(S(=O)(=O)N2CCC([NH+](C)CCC(C)C)CC2)c(C)c1. The lowest BCUT2D eigenvalue weighted by Gasteiger charge is -2.34. The highest BCUT2D eigenvalue weighted by Crippen LogP contribution is 2.27. The fraction of sp³-hybridized carbons (Fsp3) is 0.700.